The van der Waals surface area contributed by atoms with Crippen LogP contribution < -0.4 is 18.9 Å². The van der Waals surface area contributed by atoms with Gasteiger partial charge in [0.25, 0.3) is 0 Å². The predicted octanol–water partition coefficient (Wildman–Crippen LogP) is 15.0. The molecule has 58 heavy (non-hydrogen) atoms. The smallest absolute Gasteiger partial charge is 0.338 e. The van der Waals surface area contributed by atoms with E-state index < -0.39 is 24.1 Å². The number of ether oxygens (including phenoxy) is 4. The molecule has 0 spiro atoms. The first-order chi connectivity index (χ1) is 27.8. The number of halogens is 4. The molecule has 0 amide bonds. The number of carbonyl (C=O) groups excluding carboxylic acids is 2. The van der Waals surface area contributed by atoms with E-state index in [2.05, 4.69) is 26.7 Å². The Hall–Kier alpha value is -6.42. The molecule has 0 aliphatic rings. The molecule has 0 fully saturated rings. The van der Waals surface area contributed by atoms with Crippen molar-refractivity contribution in [2.75, 3.05) is 0 Å². The third-order valence-electron chi connectivity index (χ3n) is 6.77. The molecule has 0 radical (unpaired) electrons. The highest BCUT2D eigenvalue weighted by Crippen LogP contribution is 2.36. The van der Waals surface area contributed by atoms with Crippen LogP contribution in [-0.4, -0.2) is 11.9 Å². The van der Waals surface area contributed by atoms with Gasteiger partial charge < -0.3 is 18.9 Å². The highest BCUT2D eigenvalue weighted by molar-refractivity contribution is 5.89. The van der Waals surface area contributed by atoms with Gasteiger partial charge in [-0.05, 0) is 66.8 Å². The second-order valence-electron chi connectivity index (χ2n) is 11.0. The number of benzene rings is 4. The van der Waals surface area contributed by atoms with E-state index >= 15 is 0 Å². The normalized spacial score (nSPS) is 9.47. The first-order valence-corrected chi connectivity index (χ1v) is 18.7. The fourth-order valence-corrected chi connectivity index (χ4v) is 4.15. The number of rotatable bonds is 13. The molecule has 0 unspecified atom stereocenters. The molecule has 0 aliphatic carbocycles. The second kappa shape index (κ2) is 28.9. The number of hydrogen-bond acceptors (Lipinski definition) is 6. The number of carbonyl (C=O) groups is 2. The lowest BCUT2D eigenvalue weighted by Crippen LogP contribution is -2.08. The van der Waals surface area contributed by atoms with Gasteiger partial charge >= 0.3 is 24.1 Å². The van der Waals surface area contributed by atoms with Gasteiger partial charge in [0.1, 0.15) is 23.0 Å². The molecule has 4 aromatic carbocycles. The van der Waals surface area contributed by atoms with E-state index in [0.717, 1.165) is 17.5 Å². The average Bonchev–Trinajstić information content (AvgIpc) is 3.24. The quantitative estimate of drug-likeness (QED) is 0.0255. The van der Waals surface area contributed by atoms with Crippen LogP contribution in [-0.2, 0) is 9.59 Å². The molecule has 310 valence electrons. The van der Waals surface area contributed by atoms with Crippen molar-refractivity contribution in [3.8, 4) is 45.3 Å². The standard InChI is InChI=1S/C38H28F4O6.C4H8.3C2H6/c1-23(2)37(43)47-29-15-17-31(33(19-29)45-21-35(39)40)27-11-7-25(8-12-27)5-6-26-9-13-28(14-10-26)32-18-16-30(48-38(44)24(3)4)20-34(32)46-22-36(41)42;1-3-4-2;3*1-2/h5-22H,1,3H2,2,4H3;3H,1,4H2,2H3;3*1-2H3/b6-5+;;;;. The van der Waals surface area contributed by atoms with Crippen LogP contribution in [0.2, 0.25) is 0 Å². The topological polar surface area (TPSA) is 71.1 Å². The molecule has 0 atom stereocenters. The maximum absolute atomic E-state index is 12.8. The Labute approximate surface area is 341 Å². The molecule has 4 aromatic rings. The fourth-order valence-electron chi connectivity index (χ4n) is 4.15. The summed E-state index contributed by atoms with van der Waals surface area (Å²) in [5, 5.41) is 0. The third-order valence-corrected chi connectivity index (χ3v) is 6.77. The van der Waals surface area contributed by atoms with Gasteiger partial charge in [-0.15, -0.1) is 6.58 Å². The second-order valence-corrected chi connectivity index (χ2v) is 11.0. The van der Waals surface area contributed by atoms with E-state index in [4.69, 9.17) is 18.9 Å². The minimum absolute atomic E-state index is 0.0557. The van der Waals surface area contributed by atoms with E-state index in [1.54, 1.807) is 36.4 Å². The minimum atomic E-state index is -2.03. The van der Waals surface area contributed by atoms with Gasteiger partial charge in [0.15, 0.2) is 12.5 Å². The molecule has 4 rings (SSSR count). The van der Waals surface area contributed by atoms with Crippen LogP contribution in [0.4, 0.5) is 17.6 Å². The first kappa shape index (κ1) is 51.6. The van der Waals surface area contributed by atoms with Gasteiger partial charge in [-0.3, -0.25) is 0 Å². The van der Waals surface area contributed by atoms with Crippen molar-refractivity contribution in [3.63, 3.8) is 0 Å². The van der Waals surface area contributed by atoms with E-state index in [0.29, 0.717) is 34.8 Å². The van der Waals surface area contributed by atoms with Crippen LogP contribution >= 0.6 is 0 Å². The molecule has 0 bridgehead atoms. The lowest BCUT2D eigenvalue weighted by atomic mass is 10.0. The predicted molar refractivity (Wildman–Crippen MR) is 230 cm³/mol. The summed E-state index contributed by atoms with van der Waals surface area (Å²) in [4.78, 5) is 23.8. The summed E-state index contributed by atoms with van der Waals surface area (Å²) in [6.45, 7) is 27.6. The van der Waals surface area contributed by atoms with Crippen LogP contribution in [0.5, 0.6) is 23.0 Å². The van der Waals surface area contributed by atoms with Crippen LogP contribution in [0.25, 0.3) is 34.4 Å². The molecule has 0 N–H and O–H groups in total. The summed E-state index contributed by atoms with van der Waals surface area (Å²) in [7, 11) is 0. The number of hydrogen-bond donors (Lipinski definition) is 0. The molecule has 10 heteroatoms. The van der Waals surface area contributed by atoms with Crippen molar-refractivity contribution in [2.24, 2.45) is 0 Å². The lowest BCUT2D eigenvalue weighted by molar-refractivity contribution is -0.130. The van der Waals surface area contributed by atoms with E-state index in [1.165, 1.54) is 38.1 Å². The Bertz CT molecular complexity index is 1860. The maximum atomic E-state index is 12.8. The summed E-state index contributed by atoms with van der Waals surface area (Å²) in [5.41, 5.74) is 4.33. The largest absolute Gasteiger partial charge is 0.459 e. The molecule has 0 aliphatic heterocycles. The van der Waals surface area contributed by atoms with Crippen LogP contribution in [0.3, 0.4) is 0 Å². The molecule has 6 nitrogen and oxygen atoms in total. The summed E-state index contributed by atoms with van der Waals surface area (Å²) in [5.74, 6) is -0.998. The summed E-state index contributed by atoms with van der Waals surface area (Å²) in [6, 6.07) is 23.4. The maximum Gasteiger partial charge on any atom is 0.338 e. The highest BCUT2D eigenvalue weighted by atomic mass is 19.3. The van der Waals surface area contributed by atoms with Crippen molar-refractivity contribution >= 4 is 24.1 Å². The first-order valence-electron chi connectivity index (χ1n) is 18.7. The minimum Gasteiger partial charge on any atom is -0.459 e. The van der Waals surface area contributed by atoms with Crippen molar-refractivity contribution < 1.29 is 46.1 Å². The zero-order valence-electron chi connectivity index (χ0n) is 34.8. The van der Waals surface area contributed by atoms with Crippen LogP contribution in [0, 0.1) is 0 Å². The van der Waals surface area contributed by atoms with E-state index in [-0.39, 0.29) is 34.1 Å². The van der Waals surface area contributed by atoms with Gasteiger partial charge in [0.05, 0.1) is 0 Å². The Morgan fingerprint density at radius 3 is 1.14 bits per heavy atom. The molecule has 0 aromatic heterocycles. The third kappa shape index (κ3) is 18.5. The van der Waals surface area contributed by atoms with E-state index in [1.807, 2.05) is 84.0 Å². The van der Waals surface area contributed by atoms with Crippen molar-refractivity contribution in [1.82, 2.24) is 0 Å². The fraction of sp³-hybridized carbons (Fsp3) is 0.208. The van der Waals surface area contributed by atoms with Crippen LogP contribution in [0.15, 0.2) is 147 Å². The molecule has 0 heterocycles. The van der Waals surface area contributed by atoms with Gasteiger partial charge in [-0.2, -0.15) is 17.6 Å². The van der Waals surface area contributed by atoms with Crippen molar-refractivity contribution in [2.45, 2.75) is 68.7 Å². The Morgan fingerprint density at radius 1 is 0.569 bits per heavy atom. The zero-order chi connectivity index (χ0) is 44.2. The summed E-state index contributed by atoms with van der Waals surface area (Å²) < 4.78 is 71.9. The summed E-state index contributed by atoms with van der Waals surface area (Å²) in [6.07, 6.45) is 3.23. The van der Waals surface area contributed by atoms with Crippen LogP contribution in [0.1, 0.15) is 79.9 Å². The van der Waals surface area contributed by atoms with Gasteiger partial charge in [-0.25, -0.2) is 9.59 Å². The summed E-state index contributed by atoms with van der Waals surface area (Å²) >= 11 is 0. The average molecular weight is 803 g/mol. The molecular weight excluding hydrogens is 749 g/mol. The van der Waals surface area contributed by atoms with Crippen molar-refractivity contribution in [3.05, 3.63) is 158 Å². The lowest BCUT2D eigenvalue weighted by Gasteiger charge is -2.12. The SMILES string of the molecule is C=C(C)C(=O)Oc1ccc(-c2ccc(/C=C/c3ccc(-c4ccc(OC(=O)C(=C)C)cc4OC=C(F)F)cc3)cc2)c(OC=C(F)F)c1.C=CCC.CC.CC.CC. The number of allylic oxidation sites excluding steroid dienone is 1. The molecule has 0 saturated heterocycles. The number of esters is 2. The monoisotopic (exact) mass is 802 g/mol. The van der Waals surface area contributed by atoms with Gasteiger partial charge in [0.2, 0.25) is 0 Å². The Morgan fingerprint density at radius 2 is 0.879 bits per heavy atom. The van der Waals surface area contributed by atoms with Gasteiger partial charge in [0, 0.05) is 34.4 Å². The van der Waals surface area contributed by atoms with Gasteiger partial charge in [-0.1, -0.05) is 128 Å². The van der Waals surface area contributed by atoms with E-state index in [9.17, 15) is 27.2 Å². The Balaban J connectivity index is 0.00000297. The Kier molecular flexibility index (Phi) is 25.7. The molecular formula is C48H54F4O6. The highest BCUT2D eigenvalue weighted by Gasteiger charge is 2.14. The van der Waals surface area contributed by atoms with Crippen molar-refractivity contribution in [1.29, 1.82) is 0 Å². The zero-order valence-corrected chi connectivity index (χ0v) is 34.8. The molecule has 0 saturated carbocycles.